The molecule has 0 amide bonds. The highest BCUT2D eigenvalue weighted by Gasteiger charge is 2.23. The third kappa shape index (κ3) is 6.24. The summed E-state index contributed by atoms with van der Waals surface area (Å²) in [5, 5.41) is 8.08. The van der Waals surface area contributed by atoms with Gasteiger partial charge < -0.3 is 15.4 Å². The van der Waals surface area contributed by atoms with E-state index < -0.39 is 0 Å². The Morgan fingerprint density at radius 1 is 1.28 bits per heavy atom. The van der Waals surface area contributed by atoms with Crippen LogP contribution in [0.3, 0.4) is 0 Å². The number of nitrogens with zero attached hydrogens (tertiary/aromatic N) is 3. The summed E-state index contributed by atoms with van der Waals surface area (Å²) in [4.78, 5) is 12.8. The zero-order valence-electron chi connectivity index (χ0n) is 16.3. The van der Waals surface area contributed by atoms with Crippen molar-refractivity contribution in [1.29, 1.82) is 0 Å². The molecule has 7 heteroatoms. The first-order valence-electron chi connectivity index (χ1n) is 9.20. The van der Waals surface area contributed by atoms with Crippen LogP contribution in [-0.2, 0) is 11.2 Å². The summed E-state index contributed by atoms with van der Waals surface area (Å²) in [5.41, 5.74) is 1.15. The zero-order chi connectivity index (χ0) is 18.2. The number of thiazole rings is 1. The fourth-order valence-electron chi connectivity index (χ4n) is 3.05. The van der Waals surface area contributed by atoms with Crippen molar-refractivity contribution >= 4 is 17.3 Å². The fourth-order valence-corrected chi connectivity index (χ4v) is 3.98. The van der Waals surface area contributed by atoms with Gasteiger partial charge in [0.25, 0.3) is 0 Å². The lowest BCUT2D eigenvalue weighted by Crippen LogP contribution is -2.52. The number of hydrogen-bond donors (Lipinski definition) is 2. The smallest absolute Gasteiger partial charge is 0.191 e. The van der Waals surface area contributed by atoms with E-state index in [0.717, 1.165) is 57.5 Å². The monoisotopic (exact) mass is 367 g/mol. The highest BCUT2D eigenvalue weighted by molar-refractivity contribution is 7.11. The Labute approximate surface area is 156 Å². The summed E-state index contributed by atoms with van der Waals surface area (Å²) < 4.78 is 5.48. The summed E-state index contributed by atoms with van der Waals surface area (Å²) in [6.45, 7) is 14.2. The number of aromatic nitrogens is 1. The van der Waals surface area contributed by atoms with E-state index in [1.165, 1.54) is 9.88 Å². The molecular formula is C18H33N5OS. The number of nitrogens with one attached hydrogen (secondary N) is 2. The van der Waals surface area contributed by atoms with Gasteiger partial charge in [0.1, 0.15) is 0 Å². The Hall–Kier alpha value is -1.18. The zero-order valence-corrected chi connectivity index (χ0v) is 17.1. The van der Waals surface area contributed by atoms with Crippen molar-refractivity contribution < 1.29 is 4.74 Å². The first-order valence-corrected chi connectivity index (χ1v) is 10.0. The van der Waals surface area contributed by atoms with Crippen LogP contribution in [0.25, 0.3) is 0 Å². The molecule has 25 heavy (non-hydrogen) atoms. The van der Waals surface area contributed by atoms with E-state index in [1.807, 2.05) is 7.05 Å². The van der Waals surface area contributed by atoms with E-state index >= 15 is 0 Å². The highest BCUT2D eigenvalue weighted by atomic mass is 32.1. The van der Waals surface area contributed by atoms with Crippen LogP contribution in [0.5, 0.6) is 0 Å². The van der Waals surface area contributed by atoms with Crippen molar-refractivity contribution in [3.05, 3.63) is 15.6 Å². The number of hydrogen-bond acceptors (Lipinski definition) is 5. The number of rotatable bonds is 7. The fraction of sp³-hybridized carbons (Fsp3) is 0.778. The molecule has 0 bridgehead atoms. The second-order valence-electron chi connectivity index (χ2n) is 6.84. The third-order valence-corrected chi connectivity index (χ3v) is 5.82. The predicted molar refractivity (Wildman–Crippen MR) is 106 cm³/mol. The SMILES string of the molecule is CN=C(NCCc1nc(C)c(C)s1)NCC(C(C)C)N1CCOCC1. The maximum atomic E-state index is 5.48. The molecule has 1 aliphatic rings. The van der Waals surface area contributed by atoms with E-state index in [0.29, 0.717) is 12.0 Å². The number of aliphatic imine (C=N–C) groups is 1. The summed E-state index contributed by atoms with van der Waals surface area (Å²) in [5.74, 6) is 1.45. The summed E-state index contributed by atoms with van der Waals surface area (Å²) in [6, 6.07) is 0.492. The van der Waals surface area contributed by atoms with Gasteiger partial charge in [-0.1, -0.05) is 13.8 Å². The molecule has 1 unspecified atom stereocenters. The molecule has 1 aromatic rings. The quantitative estimate of drug-likeness (QED) is 0.569. The average Bonchev–Trinajstić information content (AvgIpc) is 2.92. The lowest BCUT2D eigenvalue weighted by atomic mass is 10.0. The summed E-state index contributed by atoms with van der Waals surface area (Å²) >= 11 is 1.78. The number of ether oxygens (including phenoxy) is 1. The maximum Gasteiger partial charge on any atom is 0.191 e. The molecular weight excluding hydrogens is 334 g/mol. The molecule has 0 radical (unpaired) electrons. The van der Waals surface area contributed by atoms with Gasteiger partial charge in [-0.05, 0) is 19.8 Å². The van der Waals surface area contributed by atoms with Gasteiger partial charge in [-0.25, -0.2) is 4.98 Å². The Morgan fingerprint density at radius 2 is 2.00 bits per heavy atom. The largest absolute Gasteiger partial charge is 0.379 e. The minimum atomic E-state index is 0.492. The molecule has 2 rings (SSSR count). The standard InChI is InChI=1S/C18H33N5OS/c1-13(2)16(23-8-10-24-11-9-23)12-21-18(19-5)20-7-6-17-22-14(3)15(4)25-17/h13,16H,6-12H2,1-5H3,(H2,19,20,21). The Morgan fingerprint density at radius 3 is 2.56 bits per heavy atom. The number of guanidine groups is 1. The van der Waals surface area contributed by atoms with Gasteiger partial charge >= 0.3 is 0 Å². The van der Waals surface area contributed by atoms with E-state index in [1.54, 1.807) is 11.3 Å². The van der Waals surface area contributed by atoms with Crippen molar-refractivity contribution in [2.24, 2.45) is 10.9 Å². The third-order valence-electron chi connectivity index (χ3n) is 4.69. The molecule has 1 atom stereocenters. The van der Waals surface area contributed by atoms with Crippen LogP contribution >= 0.6 is 11.3 Å². The predicted octanol–water partition coefficient (Wildman–Crippen LogP) is 1.82. The summed E-state index contributed by atoms with van der Waals surface area (Å²) in [7, 11) is 1.83. The molecule has 1 fully saturated rings. The van der Waals surface area contributed by atoms with Crippen LogP contribution in [0.2, 0.25) is 0 Å². The molecule has 1 aromatic heterocycles. The van der Waals surface area contributed by atoms with Gasteiger partial charge in [0.05, 0.1) is 23.9 Å². The van der Waals surface area contributed by atoms with Gasteiger partial charge in [-0.15, -0.1) is 11.3 Å². The van der Waals surface area contributed by atoms with Crippen molar-refractivity contribution in [2.75, 3.05) is 46.4 Å². The van der Waals surface area contributed by atoms with Crippen molar-refractivity contribution in [1.82, 2.24) is 20.5 Å². The van der Waals surface area contributed by atoms with Crippen LogP contribution < -0.4 is 10.6 Å². The molecule has 2 N–H and O–H groups in total. The minimum absolute atomic E-state index is 0.492. The topological polar surface area (TPSA) is 61.8 Å². The highest BCUT2D eigenvalue weighted by Crippen LogP contribution is 2.16. The maximum absolute atomic E-state index is 5.48. The second-order valence-corrected chi connectivity index (χ2v) is 8.13. The normalized spacial score (nSPS) is 17.8. The molecule has 142 valence electrons. The lowest BCUT2D eigenvalue weighted by molar-refractivity contribution is 0.00752. The van der Waals surface area contributed by atoms with E-state index in [9.17, 15) is 0 Å². The molecule has 6 nitrogen and oxygen atoms in total. The molecule has 1 saturated heterocycles. The molecule has 1 aliphatic heterocycles. The van der Waals surface area contributed by atoms with E-state index in [4.69, 9.17) is 4.74 Å². The molecule has 0 saturated carbocycles. The minimum Gasteiger partial charge on any atom is -0.379 e. The van der Waals surface area contributed by atoms with E-state index in [2.05, 4.69) is 53.2 Å². The van der Waals surface area contributed by atoms with Gasteiger partial charge in [0.2, 0.25) is 0 Å². The van der Waals surface area contributed by atoms with Crippen molar-refractivity contribution in [3.8, 4) is 0 Å². The van der Waals surface area contributed by atoms with Gasteiger partial charge in [0, 0.05) is 50.6 Å². The number of aryl methyl sites for hydroxylation is 2. The first-order chi connectivity index (χ1) is 12.0. The van der Waals surface area contributed by atoms with Crippen LogP contribution in [0.1, 0.15) is 29.4 Å². The molecule has 0 aromatic carbocycles. The Kier molecular flexibility index (Phi) is 8.12. The Bertz CT molecular complexity index is 532. The van der Waals surface area contributed by atoms with Crippen LogP contribution in [-0.4, -0.2) is 68.3 Å². The van der Waals surface area contributed by atoms with Gasteiger partial charge in [0.15, 0.2) is 5.96 Å². The van der Waals surface area contributed by atoms with E-state index in [-0.39, 0.29) is 0 Å². The average molecular weight is 368 g/mol. The van der Waals surface area contributed by atoms with Crippen LogP contribution in [0.4, 0.5) is 0 Å². The van der Waals surface area contributed by atoms with Crippen LogP contribution in [0.15, 0.2) is 4.99 Å². The Balaban J connectivity index is 1.77. The van der Waals surface area contributed by atoms with Crippen molar-refractivity contribution in [2.45, 2.75) is 40.2 Å². The number of morpholine rings is 1. The summed E-state index contributed by atoms with van der Waals surface area (Å²) in [6.07, 6.45) is 0.928. The first kappa shape index (κ1) is 20.1. The molecule has 2 heterocycles. The van der Waals surface area contributed by atoms with Crippen molar-refractivity contribution in [3.63, 3.8) is 0 Å². The second kappa shape index (κ2) is 10.1. The van der Waals surface area contributed by atoms with Gasteiger partial charge in [-0.2, -0.15) is 0 Å². The van der Waals surface area contributed by atoms with Crippen LogP contribution in [0, 0.1) is 19.8 Å². The van der Waals surface area contributed by atoms with Gasteiger partial charge in [-0.3, -0.25) is 9.89 Å². The molecule has 0 aliphatic carbocycles. The lowest BCUT2D eigenvalue weighted by Gasteiger charge is -2.37. The molecule has 0 spiro atoms.